The average Bonchev–Trinajstić information content (AvgIpc) is 2.53. The minimum absolute atomic E-state index is 0. The molecule has 3 nitrogen and oxygen atoms in total. The number of carbonyl (C=O) groups is 1. The maximum atomic E-state index is 11.7. The molecule has 2 N–H and O–H groups in total. The van der Waals surface area contributed by atoms with Crippen molar-refractivity contribution in [2.24, 2.45) is 5.73 Å². The summed E-state index contributed by atoms with van der Waals surface area (Å²) in [7, 11) is 1.77. The molecule has 0 aromatic carbocycles. The van der Waals surface area contributed by atoms with E-state index in [4.69, 9.17) is 5.73 Å². The monoisotopic (exact) mass is 248 g/mol. The van der Waals surface area contributed by atoms with Crippen LogP contribution < -0.4 is 5.73 Å². The maximum Gasteiger partial charge on any atom is 0.242 e. The van der Waals surface area contributed by atoms with Gasteiger partial charge in [0.05, 0.1) is 12.1 Å². The van der Waals surface area contributed by atoms with Crippen LogP contribution in [0.5, 0.6) is 0 Å². The van der Waals surface area contributed by atoms with Gasteiger partial charge in [0.1, 0.15) is 0 Å². The van der Waals surface area contributed by atoms with Gasteiger partial charge < -0.3 is 10.6 Å². The van der Waals surface area contributed by atoms with Crippen molar-refractivity contribution in [2.75, 3.05) is 7.05 Å². The van der Waals surface area contributed by atoms with Gasteiger partial charge in [-0.05, 0) is 25.3 Å². The smallest absolute Gasteiger partial charge is 0.242 e. The van der Waals surface area contributed by atoms with Crippen LogP contribution in [0.1, 0.15) is 18.7 Å². The van der Waals surface area contributed by atoms with Crippen molar-refractivity contribution in [1.82, 2.24) is 4.90 Å². The van der Waals surface area contributed by atoms with E-state index in [9.17, 15) is 4.79 Å². The van der Waals surface area contributed by atoms with Crippen molar-refractivity contribution in [3.8, 4) is 0 Å². The summed E-state index contributed by atoms with van der Waals surface area (Å²) in [5, 5.41) is 2.00. The van der Waals surface area contributed by atoms with Crippen LogP contribution >= 0.6 is 23.7 Å². The average molecular weight is 249 g/mol. The van der Waals surface area contributed by atoms with E-state index in [-0.39, 0.29) is 18.3 Å². The zero-order chi connectivity index (χ0) is 10.8. The second-order valence-corrected chi connectivity index (χ2v) is 4.99. The van der Waals surface area contributed by atoms with Gasteiger partial charge in [-0.1, -0.05) is 6.07 Å². The summed E-state index contributed by atoms with van der Waals surface area (Å²) in [6, 6.07) is 3.99. The Morgan fingerprint density at radius 2 is 2.20 bits per heavy atom. The van der Waals surface area contributed by atoms with E-state index in [1.165, 1.54) is 4.88 Å². The van der Waals surface area contributed by atoms with Gasteiger partial charge in [-0.3, -0.25) is 4.79 Å². The van der Waals surface area contributed by atoms with Crippen LogP contribution in [0.25, 0.3) is 0 Å². The van der Waals surface area contributed by atoms with Crippen LogP contribution in [0, 0.1) is 0 Å². The van der Waals surface area contributed by atoms with Crippen LogP contribution in [0.4, 0.5) is 0 Å². The van der Waals surface area contributed by atoms with Crippen molar-refractivity contribution in [3.05, 3.63) is 22.4 Å². The molecule has 0 aliphatic carbocycles. The van der Waals surface area contributed by atoms with Gasteiger partial charge in [0.15, 0.2) is 0 Å². The van der Waals surface area contributed by atoms with Gasteiger partial charge in [0.25, 0.3) is 0 Å². The Hall–Kier alpha value is -0.580. The molecule has 1 aromatic heterocycles. The molecule has 0 saturated carbocycles. The summed E-state index contributed by atoms with van der Waals surface area (Å²) in [6.45, 7) is 4.08. The lowest BCUT2D eigenvalue weighted by atomic mass is 10.1. The Kier molecular flexibility index (Phi) is 5.28. The first-order valence-electron chi connectivity index (χ1n) is 4.48. The molecule has 0 aliphatic heterocycles. The van der Waals surface area contributed by atoms with E-state index < -0.39 is 5.54 Å². The largest absolute Gasteiger partial charge is 0.339 e. The molecule has 0 unspecified atom stereocenters. The third-order valence-electron chi connectivity index (χ3n) is 1.87. The highest BCUT2D eigenvalue weighted by Gasteiger charge is 2.25. The molecule has 1 heterocycles. The first-order chi connectivity index (χ1) is 6.41. The first kappa shape index (κ1) is 14.4. The number of amides is 1. The normalized spacial score (nSPS) is 10.7. The summed E-state index contributed by atoms with van der Waals surface area (Å²) in [5.74, 6) is -0.0362. The molecule has 0 saturated heterocycles. The summed E-state index contributed by atoms with van der Waals surface area (Å²) < 4.78 is 0. The lowest BCUT2D eigenvalue weighted by molar-refractivity contribution is -0.134. The number of hydrogen-bond donors (Lipinski definition) is 1. The Labute approximate surface area is 101 Å². The third-order valence-corrected chi connectivity index (χ3v) is 2.73. The quantitative estimate of drug-likeness (QED) is 0.888. The summed E-state index contributed by atoms with van der Waals surface area (Å²) in [5.41, 5.74) is 4.94. The molecule has 0 aliphatic rings. The van der Waals surface area contributed by atoms with Crippen molar-refractivity contribution in [2.45, 2.75) is 25.9 Å². The Bertz CT molecular complexity index is 306. The van der Waals surface area contributed by atoms with Gasteiger partial charge in [-0.15, -0.1) is 23.7 Å². The molecule has 0 radical (unpaired) electrons. The Morgan fingerprint density at radius 3 is 2.60 bits per heavy atom. The third kappa shape index (κ3) is 4.20. The molecule has 1 rings (SSSR count). The number of hydrogen-bond acceptors (Lipinski definition) is 3. The number of rotatable bonds is 3. The molecule has 0 bridgehead atoms. The molecule has 0 atom stereocenters. The molecular formula is C10H17ClN2OS. The topological polar surface area (TPSA) is 46.3 Å². The van der Waals surface area contributed by atoms with E-state index in [1.807, 2.05) is 17.5 Å². The van der Waals surface area contributed by atoms with Crippen molar-refractivity contribution >= 4 is 29.7 Å². The van der Waals surface area contributed by atoms with Crippen LogP contribution in [0.2, 0.25) is 0 Å². The Morgan fingerprint density at radius 1 is 1.60 bits per heavy atom. The number of nitrogens with zero attached hydrogens (tertiary/aromatic N) is 1. The van der Waals surface area contributed by atoms with Crippen LogP contribution in [-0.4, -0.2) is 23.4 Å². The lowest BCUT2D eigenvalue weighted by Gasteiger charge is -2.25. The fourth-order valence-electron chi connectivity index (χ4n) is 1.20. The highest BCUT2D eigenvalue weighted by Crippen LogP contribution is 2.12. The predicted molar refractivity (Wildman–Crippen MR) is 66.3 cm³/mol. The van der Waals surface area contributed by atoms with Crippen molar-refractivity contribution < 1.29 is 4.79 Å². The summed E-state index contributed by atoms with van der Waals surface area (Å²) in [6.07, 6.45) is 0. The fraction of sp³-hybridized carbons (Fsp3) is 0.500. The van der Waals surface area contributed by atoms with E-state index in [0.717, 1.165) is 0 Å². The van der Waals surface area contributed by atoms with Gasteiger partial charge >= 0.3 is 0 Å². The van der Waals surface area contributed by atoms with Gasteiger partial charge in [-0.25, -0.2) is 0 Å². The summed E-state index contributed by atoms with van der Waals surface area (Å²) in [4.78, 5) is 14.5. The van der Waals surface area contributed by atoms with Gasteiger partial charge in [-0.2, -0.15) is 0 Å². The minimum Gasteiger partial charge on any atom is -0.339 e. The predicted octanol–water partition coefficient (Wildman–Crippen LogP) is 1.87. The Balaban J connectivity index is 0.00000196. The van der Waals surface area contributed by atoms with E-state index in [2.05, 4.69) is 0 Å². The first-order valence-corrected chi connectivity index (χ1v) is 5.36. The molecule has 0 fully saturated rings. The number of carbonyl (C=O) groups excluding carboxylic acids is 1. The van der Waals surface area contributed by atoms with Crippen LogP contribution in [0.15, 0.2) is 17.5 Å². The molecule has 0 spiro atoms. The number of nitrogens with two attached hydrogens (primary N) is 1. The zero-order valence-electron chi connectivity index (χ0n) is 9.19. The molecule has 5 heteroatoms. The number of thiophene rings is 1. The lowest BCUT2D eigenvalue weighted by Crippen LogP contribution is -2.49. The van der Waals surface area contributed by atoms with E-state index >= 15 is 0 Å². The second-order valence-electron chi connectivity index (χ2n) is 3.96. The number of halogens is 1. The highest BCUT2D eigenvalue weighted by atomic mass is 35.5. The van der Waals surface area contributed by atoms with Crippen LogP contribution in [0.3, 0.4) is 0 Å². The molecule has 86 valence electrons. The molecular weight excluding hydrogens is 232 g/mol. The van der Waals surface area contributed by atoms with Gasteiger partial charge in [0, 0.05) is 11.9 Å². The fourth-order valence-corrected chi connectivity index (χ4v) is 1.96. The standard InChI is InChI=1S/C10H16N2OS.ClH/c1-10(2,11)9(13)12(3)7-8-5-4-6-14-8;/h4-6H,7,11H2,1-3H3;1H. The van der Waals surface area contributed by atoms with E-state index in [0.29, 0.717) is 6.54 Å². The minimum atomic E-state index is -0.786. The van der Waals surface area contributed by atoms with Crippen molar-refractivity contribution in [1.29, 1.82) is 0 Å². The highest BCUT2D eigenvalue weighted by molar-refractivity contribution is 7.09. The molecule has 15 heavy (non-hydrogen) atoms. The van der Waals surface area contributed by atoms with Crippen molar-refractivity contribution in [3.63, 3.8) is 0 Å². The van der Waals surface area contributed by atoms with Gasteiger partial charge in [0.2, 0.25) is 5.91 Å². The second kappa shape index (κ2) is 5.49. The van der Waals surface area contributed by atoms with Crippen LogP contribution in [-0.2, 0) is 11.3 Å². The maximum absolute atomic E-state index is 11.7. The molecule has 1 amide bonds. The van der Waals surface area contributed by atoms with E-state index in [1.54, 1.807) is 37.1 Å². The zero-order valence-corrected chi connectivity index (χ0v) is 10.8. The number of likely N-dealkylation sites (N-methyl/N-ethyl adjacent to an activating group) is 1. The molecule has 1 aromatic rings. The SMILES string of the molecule is CN(Cc1cccs1)C(=O)C(C)(C)N.Cl. The summed E-state index contributed by atoms with van der Waals surface area (Å²) >= 11 is 1.64.